The third-order valence-electron chi connectivity index (χ3n) is 5.23. The Morgan fingerprint density at radius 3 is 2.65 bits per heavy atom. The van der Waals surface area contributed by atoms with Gasteiger partial charge in [0.2, 0.25) is 5.91 Å². The van der Waals surface area contributed by atoms with Crippen LogP contribution < -0.4 is 5.32 Å². The van der Waals surface area contributed by atoms with Crippen LogP contribution in [-0.4, -0.2) is 23.7 Å². The molecule has 0 radical (unpaired) electrons. The summed E-state index contributed by atoms with van der Waals surface area (Å²) in [7, 11) is 0. The number of hydrogen-bond donors (Lipinski definition) is 2. The van der Waals surface area contributed by atoms with Crippen LogP contribution in [0.25, 0.3) is 0 Å². The lowest BCUT2D eigenvalue weighted by Gasteiger charge is -2.22. The van der Waals surface area contributed by atoms with E-state index in [1.165, 1.54) is 19.3 Å². The number of amides is 1. The Morgan fingerprint density at radius 2 is 2.06 bits per heavy atom. The molecule has 3 nitrogen and oxygen atoms in total. The van der Waals surface area contributed by atoms with E-state index in [9.17, 15) is 9.90 Å². The van der Waals surface area contributed by atoms with Crippen LogP contribution in [0.2, 0.25) is 0 Å². The molecule has 2 bridgehead atoms. The molecule has 3 aliphatic carbocycles. The molecule has 0 aliphatic heterocycles. The van der Waals surface area contributed by atoms with E-state index in [-0.39, 0.29) is 17.9 Å². The smallest absolute Gasteiger partial charge is 0.223 e. The number of fused-ring (bicyclic) bond motifs is 2. The Hall–Kier alpha value is -0.570. The van der Waals surface area contributed by atoms with Gasteiger partial charge in [0.25, 0.3) is 0 Å². The van der Waals surface area contributed by atoms with Crippen molar-refractivity contribution in [3.63, 3.8) is 0 Å². The second kappa shape index (κ2) is 4.60. The lowest BCUT2D eigenvalue weighted by molar-refractivity contribution is -0.126. The fourth-order valence-electron chi connectivity index (χ4n) is 4.18. The highest BCUT2D eigenvalue weighted by Gasteiger charge is 2.43. The normalized spacial score (nSPS) is 44.2. The van der Waals surface area contributed by atoms with Gasteiger partial charge in [0, 0.05) is 18.4 Å². The van der Waals surface area contributed by atoms with Crippen molar-refractivity contribution in [2.75, 3.05) is 6.54 Å². The summed E-state index contributed by atoms with van der Waals surface area (Å²) in [6.07, 6.45) is 7.90. The van der Waals surface area contributed by atoms with E-state index in [2.05, 4.69) is 5.32 Å². The van der Waals surface area contributed by atoms with Crippen molar-refractivity contribution in [1.29, 1.82) is 0 Å². The molecule has 0 spiro atoms. The minimum Gasteiger partial charge on any atom is -0.393 e. The zero-order valence-corrected chi connectivity index (χ0v) is 10.4. The van der Waals surface area contributed by atoms with Crippen LogP contribution in [0.5, 0.6) is 0 Å². The molecule has 1 amide bonds. The number of carbonyl (C=O) groups excluding carboxylic acids is 1. The van der Waals surface area contributed by atoms with Crippen LogP contribution >= 0.6 is 0 Å². The fourth-order valence-corrected chi connectivity index (χ4v) is 4.18. The Labute approximate surface area is 103 Å². The standard InChI is InChI=1S/C14H23NO2/c16-13-3-1-2-11(13)8-15-14(17)12-7-9-4-5-10(12)6-9/h9-13,16H,1-8H2,(H,15,17). The van der Waals surface area contributed by atoms with Crippen LogP contribution in [0.15, 0.2) is 0 Å². The molecule has 0 aromatic rings. The van der Waals surface area contributed by atoms with Crippen molar-refractivity contribution in [1.82, 2.24) is 5.32 Å². The van der Waals surface area contributed by atoms with E-state index in [0.29, 0.717) is 18.4 Å². The van der Waals surface area contributed by atoms with E-state index in [0.717, 1.165) is 31.6 Å². The van der Waals surface area contributed by atoms with Crippen LogP contribution in [0, 0.1) is 23.7 Å². The summed E-state index contributed by atoms with van der Waals surface area (Å²) in [6.45, 7) is 0.688. The van der Waals surface area contributed by atoms with Gasteiger partial charge in [-0.2, -0.15) is 0 Å². The van der Waals surface area contributed by atoms with Crippen molar-refractivity contribution in [3.05, 3.63) is 0 Å². The third kappa shape index (κ3) is 2.22. The molecule has 0 aromatic heterocycles. The van der Waals surface area contributed by atoms with E-state index < -0.39 is 0 Å². The highest BCUT2D eigenvalue weighted by Crippen LogP contribution is 2.48. The summed E-state index contributed by atoms with van der Waals surface area (Å²) in [5.41, 5.74) is 0. The van der Waals surface area contributed by atoms with Gasteiger partial charge in [0.1, 0.15) is 0 Å². The van der Waals surface area contributed by atoms with Gasteiger partial charge in [-0.05, 0) is 43.9 Å². The van der Waals surface area contributed by atoms with E-state index in [1.54, 1.807) is 0 Å². The predicted octanol–water partition coefficient (Wildman–Crippen LogP) is 1.70. The Kier molecular flexibility index (Phi) is 3.12. The van der Waals surface area contributed by atoms with Crippen molar-refractivity contribution in [3.8, 4) is 0 Å². The zero-order valence-electron chi connectivity index (χ0n) is 10.4. The molecule has 17 heavy (non-hydrogen) atoms. The van der Waals surface area contributed by atoms with Gasteiger partial charge < -0.3 is 10.4 Å². The molecule has 96 valence electrons. The average Bonchev–Trinajstić information content (AvgIpc) is 3.01. The van der Waals surface area contributed by atoms with Gasteiger partial charge in [-0.3, -0.25) is 4.79 Å². The molecule has 3 aliphatic rings. The van der Waals surface area contributed by atoms with Gasteiger partial charge in [-0.1, -0.05) is 12.8 Å². The molecule has 3 fully saturated rings. The van der Waals surface area contributed by atoms with Crippen LogP contribution in [0.1, 0.15) is 44.9 Å². The number of aliphatic hydroxyl groups is 1. The van der Waals surface area contributed by atoms with E-state index >= 15 is 0 Å². The Morgan fingerprint density at radius 1 is 1.18 bits per heavy atom. The van der Waals surface area contributed by atoms with E-state index in [4.69, 9.17) is 0 Å². The molecule has 5 atom stereocenters. The second-order valence-corrected chi connectivity index (χ2v) is 6.28. The first-order valence-corrected chi connectivity index (χ1v) is 7.20. The number of nitrogens with one attached hydrogen (secondary N) is 1. The summed E-state index contributed by atoms with van der Waals surface area (Å²) in [5, 5.41) is 12.8. The second-order valence-electron chi connectivity index (χ2n) is 6.28. The minimum absolute atomic E-state index is 0.185. The monoisotopic (exact) mass is 237 g/mol. The third-order valence-corrected chi connectivity index (χ3v) is 5.23. The molecule has 3 heteroatoms. The van der Waals surface area contributed by atoms with Gasteiger partial charge >= 0.3 is 0 Å². The maximum absolute atomic E-state index is 12.1. The SMILES string of the molecule is O=C(NCC1CCCC1O)C1CC2CCC1C2. The quantitative estimate of drug-likeness (QED) is 0.785. The highest BCUT2D eigenvalue weighted by molar-refractivity contribution is 5.79. The summed E-state index contributed by atoms with van der Waals surface area (Å²) in [6, 6.07) is 0. The Bertz CT molecular complexity index is 305. The number of rotatable bonds is 3. The topological polar surface area (TPSA) is 49.3 Å². The number of hydrogen-bond acceptors (Lipinski definition) is 2. The lowest BCUT2D eigenvalue weighted by Crippen LogP contribution is -2.38. The summed E-state index contributed by atoms with van der Waals surface area (Å²) in [4.78, 5) is 12.1. The predicted molar refractivity (Wildman–Crippen MR) is 65.3 cm³/mol. The first-order chi connectivity index (χ1) is 8.24. The maximum Gasteiger partial charge on any atom is 0.223 e. The van der Waals surface area contributed by atoms with Crippen LogP contribution in [0.3, 0.4) is 0 Å². The van der Waals surface area contributed by atoms with Crippen molar-refractivity contribution in [2.24, 2.45) is 23.7 Å². The minimum atomic E-state index is -0.185. The Balaban J connectivity index is 1.47. The molecular weight excluding hydrogens is 214 g/mol. The molecule has 0 saturated heterocycles. The fraction of sp³-hybridized carbons (Fsp3) is 0.929. The first-order valence-electron chi connectivity index (χ1n) is 7.20. The van der Waals surface area contributed by atoms with Crippen LogP contribution in [-0.2, 0) is 4.79 Å². The maximum atomic E-state index is 12.1. The molecule has 3 saturated carbocycles. The van der Waals surface area contributed by atoms with Gasteiger partial charge in [0.05, 0.1) is 6.10 Å². The summed E-state index contributed by atoms with van der Waals surface area (Å²) in [5.74, 6) is 2.34. The lowest BCUT2D eigenvalue weighted by atomic mass is 9.88. The molecular formula is C14H23NO2. The van der Waals surface area contributed by atoms with Crippen molar-refractivity contribution >= 4 is 5.91 Å². The summed E-state index contributed by atoms with van der Waals surface area (Å²) >= 11 is 0. The largest absolute Gasteiger partial charge is 0.393 e. The first kappa shape index (κ1) is 11.5. The highest BCUT2D eigenvalue weighted by atomic mass is 16.3. The number of aliphatic hydroxyl groups excluding tert-OH is 1. The molecule has 2 N–H and O–H groups in total. The van der Waals surface area contributed by atoms with Gasteiger partial charge in [-0.25, -0.2) is 0 Å². The zero-order chi connectivity index (χ0) is 11.8. The summed E-state index contributed by atoms with van der Waals surface area (Å²) < 4.78 is 0. The molecule has 3 rings (SSSR count). The van der Waals surface area contributed by atoms with Gasteiger partial charge in [0.15, 0.2) is 0 Å². The number of carbonyl (C=O) groups is 1. The van der Waals surface area contributed by atoms with Crippen LogP contribution in [0.4, 0.5) is 0 Å². The average molecular weight is 237 g/mol. The van der Waals surface area contributed by atoms with Crippen molar-refractivity contribution < 1.29 is 9.90 Å². The molecule has 0 aromatic carbocycles. The van der Waals surface area contributed by atoms with Crippen molar-refractivity contribution in [2.45, 2.75) is 51.0 Å². The van der Waals surface area contributed by atoms with Gasteiger partial charge in [-0.15, -0.1) is 0 Å². The molecule has 5 unspecified atom stereocenters. The van der Waals surface area contributed by atoms with E-state index in [1.807, 2.05) is 0 Å². The molecule has 0 heterocycles.